The molecule has 1 aliphatic heterocycles. The second-order valence-electron chi connectivity index (χ2n) is 8.64. The lowest BCUT2D eigenvalue weighted by Gasteiger charge is -2.34. The highest BCUT2D eigenvalue weighted by Gasteiger charge is 2.47. The fourth-order valence-electron chi connectivity index (χ4n) is 3.59. The number of piperidine rings is 1. The van der Waals surface area contributed by atoms with Crippen LogP contribution in [-0.4, -0.2) is 47.2 Å². The van der Waals surface area contributed by atoms with Gasteiger partial charge in [0, 0.05) is 19.5 Å². The van der Waals surface area contributed by atoms with E-state index in [1.54, 1.807) is 11.8 Å². The molecular formula is C19H29FN4O2. The number of likely N-dealkylation sites (tertiary alicyclic amines) is 1. The lowest BCUT2D eigenvalue weighted by atomic mass is 9.93. The third kappa shape index (κ3) is 4.28. The largest absolute Gasteiger partial charge is 0.336 e. The fourth-order valence-corrected chi connectivity index (χ4v) is 3.59. The van der Waals surface area contributed by atoms with E-state index in [2.05, 4.69) is 16.7 Å². The first-order valence-corrected chi connectivity index (χ1v) is 9.70. The number of nitrogens with one attached hydrogen (secondary N) is 2. The molecule has 3 rings (SSSR count). The molecule has 144 valence electrons. The van der Waals surface area contributed by atoms with E-state index in [0.717, 1.165) is 12.8 Å². The van der Waals surface area contributed by atoms with Crippen LogP contribution in [0.25, 0.3) is 0 Å². The van der Waals surface area contributed by atoms with Crippen LogP contribution in [-0.2, 0) is 4.79 Å². The molecule has 2 N–H and O–H groups in total. The Kier molecular flexibility index (Phi) is 4.89. The van der Waals surface area contributed by atoms with E-state index in [9.17, 15) is 19.2 Å². The minimum absolute atomic E-state index is 0.0969. The molecule has 3 aliphatic rings. The van der Waals surface area contributed by atoms with E-state index in [1.807, 2.05) is 0 Å². The molecule has 6 nitrogen and oxygen atoms in total. The minimum atomic E-state index is -1.56. The number of nitriles is 1. The zero-order valence-corrected chi connectivity index (χ0v) is 15.7. The number of amides is 3. The summed E-state index contributed by atoms with van der Waals surface area (Å²) in [6.07, 6.45) is 5.87. The van der Waals surface area contributed by atoms with Crippen molar-refractivity contribution in [2.24, 2.45) is 5.41 Å². The molecular weight excluding hydrogens is 335 g/mol. The fraction of sp³-hybridized carbons (Fsp3) is 0.842. The van der Waals surface area contributed by atoms with Crippen molar-refractivity contribution < 1.29 is 14.0 Å². The predicted molar refractivity (Wildman–Crippen MR) is 94.9 cm³/mol. The van der Waals surface area contributed by atoms with Gasteiger partial charge in [-0.1, -0.05) is 6.92 Å². The zero-order valence-electron chi connectivity index (χ0n) is 15.7. The highest BCUT2D eigenvalue weighted by atomic mass is 19.1. The number of carbonyl (C=O) groups is 2. The zero-order chi connectivity index (χ0) is 19.0. The van der Waals surface area contributed by atoms with Gasteiger partial charge >= 0.3 is 6.03 Å². The van der Waals surface area contributed by atoms with Gasteiger partial charge in [-0.05, 0) is 57.3 Å². The molecule has 1 spiro atoms. The highest BCUT2D eigenvalue weighted by Crippen LogP contribution is 2.53. The Morgan fingerprint density at radius 3 is 2.31 bits per heavy atom. The van der Waals surface area contributed by atoms with Crippen LogP contribution in [0.2, 0.25) is 0 Å². The van der Waals surface area contributed by atoms with E-state index in [0.29, 0.717) is 31.3 Å². The molecule has 0 aromatic heterocycles. The molecule has 1 unspecified atom stereocenters. The summed E-state index contributed by atoms with van der Waals surface area (Å²) in [7, 11) is 0. The number of nitrogens with zero attached hydrogens (tertiary/aromatic N) is 2. The summed E-state index contributed by atoms with van der Waals surface area (Å²) in [4.78, 5) is 27.0. The van der Waals surface area contributed by atoms with Gasteiger partial charge in [0.05, 0.1) is 6.07 Å². The third-order valence-corrected chi connectivity index (χ3v) is 6.38. The number of hydrogen-bond donors (Lipinski definition) is 2. The standard InChI is InChI=1S/C19H29FN4O2/c1-3-17(2,20)12-14(15(25)23-19(13-21)6-7-19)22-16(26)24-10-8-18(4-5-18)9-11-24/h14H,3-12H2,1-2H3,(H,22,26)(H,23,25)/t14-,17?/m0/s1. The van der Waals surface area contributed by atoms with Crippen LogP contribution < -0.4 is 10.6 Å². The van der Waals surface area contributed by atoms with E-state index in [-0.39, 0.29) is 18.9 Å². The van der Waals surface area contributed by atoms with Crippen molar-refractivity contribution in [2.75, 3.05) is 13.1 Å². The summed E-state index contributed by atoms with van der Waals surface area (Å²) in [5, 5.41) is 14.6. The molecule has 2 saturated carbocycles. The average molecular weight is 364 g/mol. The molecule has 0 radical (unpaired) electrons. The summed E-state index contributed by atoms with van der Waals surface area (Å²) in [6, 6.07) is 0.816. The van der Waals surface area contributed by atoms with Crippen LogP contribution in [0.5, 0.6) is 0 Å². The van der Waals surface area contributed by atoms with Crippen LogP contribution in [0, 0.1) is 16.7 Å². The van der Waals surface area contributed by atoms with E-state index < -0.39 is 23.2 Å². The molecule has 1 saturated heterocycles. The van der Waals surface area contributed by atoms with Crippen LogP contribution in [0.15, 0.2) is 0 Å². The van der Waals surface area contributed by atoms with Crippen molar-refractivity contribution in [1.82, 2.24) is 15.5 Å². The molecule has 3 fully saturated rings. The number of halogens is 1. The number of alkyl halides is 1. The van der Waals surface area contributed by atoms with Gasteiger partial charge in [-0.25, -0.2) is 9.18 Å². The maximum Gasteiger partial charge on any atom is 0.318 e. The molecule has 3 amide bonds. The topological polar surface area (TPSA) is 85.2 Å². The maximum atomic E-state index is 14.6. The number of carbonyl (C=O) groups excluding carboxylic acids is 2. The van der Waals surface area contributed by atoms with Gasteiger partial charge in [0.2, 0.25) is 5.91 Å². The monoisotopic (exact) mass is 364 g/mol. The van der Waals surface area contributed by atoms with Crippen molar-refractivity contribution in [1.29, 1.82) is 5.26 Å². The molecule has 0 bridgehead atoms. The van der Waals surface area contributed by atoms with Crippen molar-refractivity contribution in [2.45, 2.75) is 82.5 Å². The first kappa shape index (κ1) is 18.9. The van der Waals surface area contributed by atoms with Gasteiger partial charge in [-0.3, -0.25) is 4.79 Å². The molecule has 2 aliphatic carbocycles. The van der Waals surface area contributed by atoms with Crippen LogP contribution in [0.1, 0.15) is 65.2 Å². The maximum absolute atomic E-state index is 14.6. The van der Waals surface area contributed by atoms with Crippen molar-refractivity contribution in [3.8, 4) is 6.07 Å². The summed E-state index contributed by atoms with van der Waals surface area (Å²) in [6.45, 7) is 4.52. The molecule has 1 heterocycles. The Bertz CT molecular complexity index is 610. The predicted octanol–water partition coefficient (Wildman–Crippen LogP) is 2.64. The Hall–Kier alpha value is -1.84. The van der Waals surface area contributed by atoms with Gasteiger partial charge in [0.1, 0.15) is 17.2 Å². The molecule has 0 aromatic carbocycles. The van der Waals surface area contributed by atoms with E-state index in [4.69, 9.17) is 0 Å². The van der Waals surface area contributed by atoms with Gasteiger partial charge in [-0.2, -0.15) is 5.26 Å². The van der Waals surface area contributed by atoms with Crippen molar-refractivity contribution >= 4 is 11.9 Å². The second kappa shape index (κ2) is 6.71. The van der Waals surface area contributed by atoms with E-state index in [1.165, 1.54) is 19.8 Å². The van der Waals surface area contributed by atoms with Gasteiger partial charge in [-0.15, -0.1) is 0 Å². The van der Waals surface area contributed by atoms with Crippen LogP contribution in [0.3, 0.4) is 0 Å². The molecule has 2 atom stereocenters. The summed E-state index contributed by atoms with van der Waals surface area (Å²) in [5.74, 6) is -0.467. The number of urea groups is 1. The van der Waals surface area contributed by atoms with E-state index >= 15 is 0 Å². The Labute approximate surface area is 154 Å². The van der Waals surface area contributed by atoms with Crippen LogP contribution in [0.4, 0.5) is 9.18 Å². The van der Waals surface area contributed by atoms with Gasteiger partial charge in [0.25, 0.3) is 0 Å². The Morgan fingerprint density at radius 1 is 1.23 bits per heavy atom. The first-order chi connectivity index (χ1) is 12.2. The summed E-state index contributed by atoms with van der Waals surface area (Å²) >= 11 is 0. The molecule has 7 heteroatoms. The SMILES string of the molecule is CCC(C)(F)C[C@H](NC(=O)N1CCC2(CC1)CC2)C(=O)NC1(C#N)CC1. The molecule has 0 aromatic rings. The smallest absolute Gasteiger partial charge is 0.318 e. The van der Waals surface area contributed by atoms with Gasteiger partial charge < -0.3 is 15.5 Å². The van der Waals surface area contributed by atoms with Crippen molar-refractivity contribution in [3.63, 3.8) is 0 Å². The highest BCUT2D eigenvalue weighted by molar-refractivity contribution is 5.88. The van der Waals surface area contributed by atoms with Gasteiger partial charge in [0.15, 0.2) is 0 Å². The average Bonchev–Trinajstić information content (AvgIpc) is 3.53. The normalized spacial score (nSPS) is 25.5. The van der Waals surface area contributed by atoms with Crippen LogP contribution >= 0.6 is 0 Å². The quantitative estimate of drug-likeness (QED) is 0.760. The minimum Gasteiger partial charge on any atom is -0.336 e. The number of rotatable bonds is 6. The lowest BCUT2D eigenvalue weighted by molar-refractivity contribution is -0.124. The summed E-state index contributed by atoms with van der Waals surface area (Å²) < 4.78 is 14.6. The third-order valence-electron chi connectivity index (χ3n) is 6.38. The lowest BCUT2D eigenvalue weighted by Crippen LogP contribution is -2.56. The van der Waals surface area contributed by atoms with Crippen molar-refractivity contribution in [3.05, 3.63) is 0 Å². The Balaban J connectivity index is 1.61. The number of hydrogen-bond acceptors (Lipinski definition) is 3. The summed E-state index contributed by atoms with van der Waals surface area (Å²) in [5.41, 5.74) is -1.93. The Morgan fingerprint density at radius 2 is 1.85 bits per heavy atom. The first-order valence-electron chi connectivity index (χ1n) is 9.70. The second-order valence-corrected chi connectivity index (χ2v) is 8.64. The molecule has 26 heavy (non-hydrogen) atoms.